The Bertz CT molecular complexity index is 697. The largest absolute Gasteiger partial charge is 0.406 e. The number of rotatable bonds is 6. The Balaban J connectivity index is 0.00000450. The zero-order chi connectivity index (χ0) is 21.4. The van der Waals surface area contributed by atoms with Crippen LogP contribution in [0.4, 0.5) is 18.9 Å². The second kappa shape index (κ2) is 12.2. The van der Waals surface area contributed by atoms with Gasteiger partial charge in [0.25, 0.3) is 0 Å². The Kier molecular flexibility index (Phi) is 10.7. The topological polar surface area (TPSA) is 60.0 Å². The number of anilines is 1. The van der Waals surface area contributed by atoms with E-state index in [2.05, 4.69) is 51.7 Å². The summed E-state index contributed by atoms with van der Waals surface area (Å²) in [4.78, 5) is 19.1. The van der Waals surface area contributed by atoms with Crippen LogP contribution < -0.4 is 15.5 Å². The van der Waals surface area contributed by atoms with Crippen molar-refractivity contribution in [3.63, 3.8) is 0 Å². The fourth-order valence-corrected chi connectivity index (χ4v) is 3.22. The molecule has 0 spiro atoms. The first-order chi connectivity index (χ1) is 13.7. The Morgan fingerprint density at radius 1 is 1.30 bits per heavy atom. The first kappa shape index (κ1) is 26.3. The molecule has 2 rings (SSSR count). The Hall–Kier alpha value is -1.72. The van der Waals surface area contributed by atoms with E-state index in [4.69, 9.17) is 0 Å². The molecule has 0 aliphatic carbocycles. The molecule has 0 bridgehead atoms. The molecule has 1 aromatic carbocycles. The van der Waals surface area contributed by atoms with E-state index in [0.29, 0.717) is 17.4 Å². The van der Waals surface area contributed by atoms with Crippen LogP contribution >= 0.6 is 24.0 Å². The third kappa shape index (κ3) is 8.97. The summed E-state index contributed by atoms with van der Waals surface area (Å²) in [7, 11) is 1.13. The number of nitrogens with one attached hydrogen (secondary N) is 2. The average Bonchev–Trinajstić information content (AvgIpc) is 2.65. The second-order valence-electron chi connectivity index (χ2n) is 7.33. The zero-order valence-electron chi connectivity index (χ0n) is 17.6. The first-order valence-corrected chi connectivity index (χ1v) is 9.85. The Labute approximate surface area is 193 Å². The minimum Gasteiger partial charge on any atom is -0.369 e. The normalized spacial score (nSPS) is 17.2. The molecule has 170 valence electrons. The quantitative estimate of drug-likeness (QED) is 0.330. The Morgan fingerprint density at radius 2 is 1.97 bits per heavy atom. The van der Waals surface area contributed by atoms with Crippen LogP contribution in [0.2, 0.25) is 0 Å². The molecule has 1 aliphatic heterocycles. The van der Waals surface area contributed by atoms with Gasteiger partial charge in [0, 0.05) is 38.4 Å². The molecule has 2 N–H and O–H groups in total. The van der Waals surface area contributed by atoms with Crippen LogP contribution in [0.15, 0.2) is 29.3 Å². The monoisotopic (exact) mass is 541 g/mol. The van der Waals surface area contributed by atoms with E-state index in [1.54, 1.807) is 0 Å². The maximum absolute atomic E-state index is 12.4. The molecule has 1 saturated heterocycles. The van der Waals surface area contributed by atoms with Gasteiger partial charge in [0.15, 0.2) is 5.96 Å². The van der Waals surface area contributed by atoms with Crippen LogP contribution in [-0.4, -0.2) is 68.8 Å². The molecule has 1 aliphatic rings. The summed E-state index contributed by atoms with van der Waals surface area (Å²) in [5, 5.41) is 6.38. The number of halogens is 4. The smallest absolute Gasteiger partial charge is 0.369 e. The van der Waals surface area contributed by atoms with Gasteiger partial charge in [0.1, 0.15) is 13.1 Å². The summed E-state index contributed by atoms with van der Waals surface area (Å²) in [6, 6.07) is 8.51. The van der Waals surface area contributed by atoms with Crippen molar-refractivity contribution in [2.75, 3.05) is 44.7 Å². The SMILES string of the molecule is CCNC(=NCC(=O)N(C)CC(F)(F)F)NC1CCCN(c2ccc(C)cc2)C1.I. The van der Waals surface area contributed by atoms with Crippen molar-refractivity contribution >= 4 is 41.5 Å². The van der Waals surface area contributed by atoms with Crippen LogP contribution in [0.1, 0.15) is 25.3 Å². The van der Waals surface area contributed by atoms with Crippen molar-refractivity contribution in [2.24, 2.45) is 4.99 Å². The van der Waals surface area contributed by atoms with E-state index < -0.39 is 18.6 Å². The predicted octanol–water partition coefficient (Wildman–Crippen LogP) is 3.16. The first-order valence-electron chi connectivity index (χ1n) is 9.85. The summed E-state index contributed by atoms with van der Waals surface area (Å²) < 4.78 is 37.3. The number of alkyl halides is 3. The highest BCUT2D eigenvalue weighted by Gasteiger charge is 2.31. The third-order valence-electron chi connectivity index (χ3n) is 4.72. The minimum atomic E-state index is -4.42. The number of nitrogens with zero attached hydrogens (tertiary/aromatic N) is 3. The molecule has 6 nitrogen and oxygen atoms in total. The van der Waals surface area contributed by atoms with Crippen LogP contribution in [-0.2, 0) is 4.79 Å². The van der Waals surface area contributed by atoms with E-state index >= 15 is 0 Å². The van der Waals surface area contributed by atoms with Gasteiger partial charge >= 0.3 is 6.18 Å². The number of hydrogen-bond donors (Lipinski definition) is 2. The molecule has 1 aromatic rings. The summed E-state index contributed by atoms with van der Waals surface area (Å²) in [6.45, 7) is 4.68. The van der Waals surface area contributed by atoms with Crippen molar-refractivity contribution in [2.45, 2.75) is 38.9 Å². The van der Waals surface area contributed by atoms with E-state index in [9.17, 15) is 18.0 Å². The summed E-state index contributed by atoms with van der Waals surface area (Å²) in [5.41, 5.74) is 2.37. The highest BCUT2D eigenvalue weighted by molar-refractivity contribution is 14.0. The van der Waals surface area contributed by atoms with Crippen LogP contribution in [0.5, 0.6) is 0 Å². The molecule has 1 atom stereocenters. The molecule has 0 radical (unpaired) electrons. The number of hydrogen-bond acceptors (Lipinski definition) is 3. The highest BCUT2D eigenvalue weighted by atomic mass is 127. The molecule has 1 amide bonds. The third-order valence-corrected chi connectivity index (χ3v) is 4.72. The molecule has 10 heteroatoms. The lowest BCUT2D eigenvalue weighted by Crippen LogP contribution is -2.51. The number of carbonyl (C=O) groups excluding carboxylic acids is 1. The molecule has 1 unspecified atom stereocenters. The van der Waals surface area contributed by atoms with Gasteiger partial charge in [-0.15, -0.1) is 24.0 Å². The van der Waals surface area contributed by atoms with Gasteiger partial charge in [-0.05, 0) is 38.8 Å². The van der Waals surface area contributed by atoms with Gasteiger partial charge in [-0.3, -0.25) is 4.79 Å². The van der Waals surface area contributed by atoms with E-state index in [1.165, 1.54) is 5.56 Å². The molecule has 0 aromatic heterocycles. The maximum Gasteiger partial charge on any atom is 0.406 e. The number of guanidine groups is 1. The molecule has 1 fully saturated rings. The van der Waals surface area contributed by atoms with Gasteiger partial charge in [0.2, 0.25) is 5.91 Å². The van der Waals surface area contributed by atoms with Crippen molar-refractivity contribution in [1.29, 1.82) is 0 Å². The maximum atomic E-state index is 12.4. The average molecular weight is 541 g/mol. The number of aryl methyl sites for hydroxylation is 1. The lowest BCUT2D eigenvalue weighted by Gasteiger charge is -2.35. The predicted molar refractivity (Wildman–Crippen MR) is 125 cm³/mol. The van der Waals surface area contributed by atoms with Crippen LogP contribution in [0.25, 0.3) is 0 Å². The molecule has 30 heavy (non-hydrogen) atoms. The van der Waals surface area contributed by atoms with Gasteiger partial charge in [0.05, 0.1) is 0 Å². The molecular formula is C20H31F3IN5O. The summed E-state index contributed by atoms with van der Waals surface area (Å²) >= 11 is 0. The van der Waals surface area contributed by atoms with Crippen molar-refractivity contribution in [3.05, 3.63) is 29.8 Å². The van der Waals surface area contributed by atoms with E-state index in [1.807, 2.05) is 6.92 Å². The van der Waals surface area contributed by atoms with Crippen LogP contribution in [0, 0.1) is 6.92 Å². The lowest BCUT2D eigenvalue weighted by molar-refractivity contribution is -0.157. The number of benzene rings is 1. The standard InChI is InChI=1S/C20H30F3N5O.HI/c1-4-24-19(25-12-18(29)27(3)14-20(21,22)23)26-16-6-5-11-28(13-16)17-9-7-15(2)8-10-17;/h7-10,16H,4-6,11-14H2,1-3H3,(H2,24,25,26);1H. The van der Waals surface area contributed by atoms with Gasteiger partial charge in [-0.25, -0.2) is 4.99 Å². The van der Waals surface area contributed by atoms with Crippen LogP contribution in [0.3, 0.4) is 0 Å². The number of piperidine rings is 1. The Morgan fingerprint density at radius 3 is 2.57 bits per heavy atom. The molecule has 0 saturated carbocycles. The number of carbonyl (C=O) groups is 1. The van der Waals surface area contributed by atoms with Crippen molar-refractivity contribution < 1.29 is 18.0 Å². The number of aliphatic imine (C=N–C) groups is 1. The van der Waals surface area contributed by atoms with Crippen molar-refractivity contribution in [3.8, 4) is 0 Å². The van der Waals surface area contributed by atoms with E-state index in [0.717, 1.165) is 38.7 Å². The molecular weight excluding hydrogens is 510 g/mol. The van der Waals surface area contributed by atoms with Gasteiger partial charge in [-0.2, -0.15) is 13.2 Å². The van der Waals surface area contributed by atoms with Crippen molar-refractivity contribution in [1.82, 2.24) is 15.5 Å². The minimum absolute atomic E-state index is 0. The second-order valence-corrected chi connectivity index (χ2v) is 7.33. The fraction of sp³-hybridized carbons (Fsp3) is 0.600. The number of likely N-dealkylation sites (N-methyl/N-ethyl adjacent to an activating group) is 1. The summed E-state index contributed by atoms with van der Waals surface area (Å²) in [6.07, 6.45) is -2.45. The van der Waals surface area contributed by atoms with E-state index in [-0.39, 0.29) is 36.6 Å². The highest BCUT2D eigenvalue weighted by Crippen LogP contribution is 2.20. The number of amides is 1. The zero-order valence-corrected chi connectivity index (χ0v) is 20.0. The lowest BCUT2D eigenvalue weighted by atomic mass is 10.0. The fourth-order valence-electron chi connectivity index (χ4n) is 3.22. The van der Waals surface area contributed by atoms with Gasteiger partial charge < -0.3 is 20.4 Å². The molecule has 1 heterocycles. The van der Waals surface area contributed by atoms with Gasteiger partial charge in [-0.1, -0.05) is 17.7 Å². The summed E-state index contributed by atoms with van der Waals surface area (Å²) in [5.74, 6) is -0.235.